The third-order valence-electron chi connectivity index (χ3n) is 2.53. The second-order valence-corrected chi connectivity index (χ2v) is 5.62. The molecule has 0 saturated heterocycles. The first-order chi connectivity index (χ1) is 7.75. The van der Waals surface area contributed by atoms with Crippen LogP contribution in [0.25, 0.3) is 0 Å². The average Bonchev–Trinajstić information content (AvgIpc) is 2.15. The molecule has 0 spiro atoms. The van der Waals surface area contributed by atoms with Crippen LogP contribution in [-0.4, -0.2) is 10.5 Å². The van der Waals surface area contributed by atoms with E-state index in [1.165, 1.54) is 0 Å². The molecule has 0 heterocycles. The zero-order valence-electron chi connectivity index (χ0n) is 9.96. The maximum atomic E-state index is 11.3. The first-order valence-electron chi connectivity index (χ1n) is 5.23. The van der Waals surface area contributed by atoms with E-state index in [-0.39, 0.29) is 5.41 Å². The van der Waals surface area contributed by atoms with Gasteiger partial charge in [-0.25, -0.2) is 0 Å². The van der Waals surface area contributed by atoms with E-state index < -0.39 is 16.4 Å². The molecule has 2 nitrogen and oxygen atoms in total. The summed E-state index contributed by atoms with van der Waals surface area (Å²) in [4.78, 5) is 22.7. The van der Waals surface area contributed by atoms with Crippen molar-refractivity contribution in [3.05, 3.63) is 35.4 Å². The van der Waals surface area contributed by atoms with Crippen LogP contribution in [0.4, 0.5) is 0 Å². The van der Waals surface area contributed by atoms with Crippen LogP contribution < -0.4 is 0 Å². The Hall–Kier alpha value is -0.860. The Morgan fingerprint density at radius 2 is 1.53 bits per heavy atom. The quantitative estimate of drug-likeness (QED) is 0.623. The van der Waals surface area contributed by atoms with Gasteiger partial charge in [0.05, 0.1) is 0 Å². The molecule has 0 atom stereocenters. The Balaban J connectivity index is 3.39. The Labute approximate surface area is 111 Å². The van der Waals surface area contributed by atoms with Crippen molar-refractivity contribution in [3.63, 3.8) is 0 Å². The third-order valence-corrected chi connectivity index (χ3v) is 2.97. The van der Waals surface area contributed by atoms with E-state index in [0.717, 1.165) is 5.56 Å². The fourth-order valence-corrected chi connectivity index (χ4v) is 2.25. The van der Waals surface area contributed by atoms with E-state index in [4.69, 9.17) is 23.2 Å². The number of carbonyl (C=O) groups is 2. The summed E-state index contributed by atoms with van der Waals surface area (Å²) < 4.78 is 0. The smallest absolute Gasteiger partial charge is 0.237 e. The molecular formula is C13H14Cl2O2. The summed E-state index contributed by atoms with van der Waals surface area (Å²) >= 11 is 10.9. The zero-order valence-corrected chi connectivity index (χ0v) is 11.5. The number of halogens is 2. The van der Waals surface area contributed by atoms with Gasteiger partial charge in [-0.1, -0.05) is 45.0 Å². The number of hydrogen-bond acceptors (Lipinski definition) is 2. The van der Waals surface area contributed by atoms with E-state index in [2.05, 4.69) is 0 Å². The first kappa shape index (κ1) is 14.2. The minimum atomic E-state index is -1.09. The molecule has 1 aromatic rings. The summed E-state index contributed by atoms with van der Waals surface area (Å²) in [5.74, 6) is -1.09. The van der Waals surface area contributed by atoms with Gasteiger partial charge in [-0.05, 0) is 39.7 Å². The van der Waals surface area contributed by atoms with Gasteiger partial charge in [-0.2, -0.15) is 0 Å². The van der Waals surface area contributed by atoms with E-state index in [0.29, 0.717) is 5.56 Å². The summed E-state index contributed by atoms with van der Waals surface area (Å²) in [6, 6.07) is 7.21. The van der Waals surface area contributed by atoms with Gasteiger partial charge < -0.3 is 0 Å². The summed E-state index contributed by atoms with van der Waals surface area (Å²) in [7, 11) is 0. The standard InChI is InChI=1S/C13H14Cl2O2/c1-13(2,3)9-7-5-4-6-8(9)10(11(14)16)12(15)17/h4-7,10H,1-3H3. The lowest BCUT2D eigenvalue weighted by atomic mass is 9.80. The van der Waals surface area contributed by atoms with Crippen molar-refractivity contribution in [3.8, 4) is 0 Å². The van der Waals surface area contributed by atoms with Crippen molar-refractivity contribution in [2.75, 3.05) is 0 Å². The SMILES string of the molecule is CC(C)(C)c1ccccc1C(C(=O)Cl)C(=O)Cl. The maximum Gasteiger partial charge on any atom is 0.237 e. The minimum absolute atomic E-state index is 0.187. The van der Waals surface area contributed by atoms with Crippen LogP contribution in [0.5, 0.6) is 0 Å². The lowest BCUT2D eigenvalue weighted by molar-refractivity contribution is -0.120. The van der Waals surface area contributed by atoms with Crippen LogP contribution in [0.2, 0.25) is 0 Å². The largest absolute Gasteiger partial charge is 0.280 e. The topological polar surface area (TPSA) is 34.1 Å². The highest BCUT2D eigenvalue weighted by Gasteiger charge is 2.30. The van der Waals surface area contributed by atoms with Crippen LogP contribution in [0.1, 0.15) is 37.8 Å². The molecule has 1 aromatic carbocycles. The molecule has 0 saturated carbocycles. The van der Waals surface area contributed by atoms with Crippen LogP contribution in [0.3, 0.4) is 0 Å². The molecule has 1 rings (SSSR count). The highest BCUT2D eigenvalue weighted by molar-refractivity contribution is 6.74. The molecule has 0 aliphatic rings. The van der Waals surface area contributed by atoms with Gasteiger partial charge in [0.1, 0.15) is 5.92 Å². The van der Waals surface area contributed by atoms with Crippen molar-refractivity contribution in [2.45, 2.75) is 32.1 Å². The van der Waals surface area contributed by atoms with Crippen LogP contribution in [0.15, 0.2) is 24.3 Å². The Morgan fingerprint density at radius 3 is 1.94 bits per heavy atom. The molecule has 0 amide bonds. The Morgan fingerprint density at radius 1 is 1.06 bits per heavy atom. The fourth-order valence-electron chi connectivity index (χ4n) is 1.77. The van der Waals surface area contributed by atoms with Gasteiger partial charge in [-0.15, -0.1) is 0 Å². The number of benzene rings is 1. The molecule has 0 N–H and O–H groups in total. The molecule has 0 radical (unpaired) electrons. The van der Waals surface area contributed by atoms with E-state index in [1.54, 1.807) is 12.1 Å². The predicted molar refractivity (Wildman–Crippen MR) is 69.6 cm³/mol. The van der Waals surface area contributed by atoms with Gasteiger partial charge in [0, 0.05) is 0 Å². The second-order valence-electron chi connectivity index (χ2n) is 4.88. The van der Waals surface area contributed by atoms with Crippen molar-refractivity contribution < 1.29 is 9.59 Å². The maximum absolute atomic E-state index is 11.3. The minimum Gasteiger partial charge on any atom is -0.280 e. The third kappa shape index (κ3) is 3.30. The number of rotatable bonds is 3. The zero-order chi connectivity index (χ0) is 13.2. The van der Waals surface area contributed by atoms with Gasteiger partial charge in [0.2, 0.25) is 10.5 Å². The molecule has 0 unspecified atom stereocenters. The lowest BCUT2D eigenvalue weighted by Crippen LogP contribution is -2.21. The fraction of sp³-hybridized carbons (Fsp3) is 0.385. The second kappa shape index (κ2) is 5.19. The molecule has 4 heteroatoms. The van der Waals surface area contributed by atoms with Crippen molar-refractivity contribution >= 4 is 33.7 Å². The number of carbonyl (C=O) groups excluding carboxylic acids is 2. The molecule has 0 bridgehead atoms. The monoisotopic (exact) mass is 272 g/mol. The first-order valence-corrected chi connectivity index (χ1v) is 5.99. The van der Waals surface area contributed by atoms with Crippen molar-refractivity contribution in [1.82, 2.24) is 0 Å². The highest BCUT2D eigenvalue weighted by Crippen LogP contribution is 2.32. The van der Waals surface area contributed by atoms with Crippen LogP contribution in [-0.2, 0) is 15.0 Å². The van der Waals surface area contributed by atoms with Crippen LogP contribution >= 0.6 is 23.2 Å². The molecule has 0 aliphatic heterocycles. The lowest BCUT2D eigenvalue weighted by Gasteiger charge is -2.24. The highest BCUT2D eigenvalue weighted by atomic mass is 35.5. The Bertz CT molecular complexity index is 433. The normalized spacial score (nSPS) is 11.6. The van der Waals surface area contributed by atoms with Crippen LogP contribution in [0, 0.1) is 0 Å². The molecule has 0 aliphatic carbocycles. The van der Waals surface area contributed by atoms with Crippen molar-refractivity contribution in [2.24, 2.45) is 0 Å². The molecular weight excluding hydrogens is 259 g/mol. The summed E-state index contributed by atoms with van der Waals surface area (Å²) in [6.45, 7) is 6.00. The molecule has 0 fully saturated rings. The molecule has 0 aromatic heterocycles. The predicted octanol–water partition coefficient (Wildman–Crippen LogP) is 3.60. The van der Waals surface area contributed by atoms with Crippen molar-refractivity contribution in [1.29, 1.82) is 0 Å². The van der Waals surface area contributed by atoms with Gasteiger partial charge in [0.15, 0.2) is 0 Å². The van der Waals surface area contributed by atoms with E-state index in [1.807, 2.05) is 32.9 Å². The summed E-state index contributed by atoms with van der Waals surface area (Å²) in [5, 5.41) is -1.50. The van der Waals surface area contributed by atoms with E-state index >= 15 is 0 Å². The summed E-state index contributed by atoms with van der Waals surface area (Å²) in [5.41, 5.74) is 1.29. The number of hydrogen-bond donors (Lipinski definition) is 0. The summed E-state index contributed by atoms with van der Waals surface area (Å²) in [6.07, 6.45) is 0. The van der Waals surface area contributed by atoms with Gasteiger partial charge >= 0.3 is 0 Å². The molecule has 17 heavy (non-hydrogen) atoms. The van der Waals surface area contributed by atoms with Gasteiger partial charge in [-0.3, -0.25) is 9.59 Å². The van der Waals surface area contributed by atoms with E-state index in [9.17, 15) is 9.59 Å². The average molecular weight is 273 g/mol. The van der Waals surface area contributed by atoms with Gasteiger partial charge in [0.25, 0.3) is 0 Å². The molecule has 92 valence electrons. The Kier molecular flexibility index (Phi) is 4.34.